The van der Waals surface area contributed by atoms with E-state index >= 15 is 0 Å². The van der Waals surface area contributed by atoms with E-state index < -0.39 is 0 Å². The number of hydrogen-bond donors (Lipinski definition) is 1. The van der Waals surface area contributed by atoms with Crippen LogP contribution >= 0.6 is 0 Å². The molecule has 0 radical (unpaired) electrons. The summed E-state index contributed by atoms with van der Waals surface area (Å²) in [4.78, 5) is 0. The lowest BCUT2D eigenvalue weighted by molar-refractivity contribution is 0.0300. The summed E-state index contributed by atoms with van der Waals surface area (Å²) >= 11 is 0. The Bertz CT molecular complexity index is 594. The number of rotatable bonds is 13. The van der Waals surface area contributed by atoms with Gasteiger partial charge in [-0.2, -0.15) is 0 Å². The molecule has 2 rings (SSSR count). The molecule has 1 heterocycles. The first kappa shape index (κ1) is 24.1. The van der Waals surface area contributed by atoms with Crippen LogP contribution < -0.4 is 4.74 Å². The lowest BCUT2D eigenvalue weighted by Gasteiger charge is -2.38. The van der Waals surface area contributed by atoms with Gasteiger partial charge in [-0.05, 0) is 73.6 Å². The maximum Gasteiger partial charge on any atom is 0.123 e. The molecule has 0 saturated carbocycles. The van der Waals surface area contributed by atoms with Gasteiger partial charge in [0.2, 0.25) is 0 Å². The zero-order valence-electron chi connectivity index (χ0n) is 19.8. The van der Waals surface area contributed by atoms with Gasteiger partial charge in [-0.15, -0.1) is 0 Å². The Hall–Kier alpha value is -1.18. The molecule has 2 nitrogen and oxygen atoms in total. The van der Waals surface area contributed by atoms with E-state index in [1.807, 2.05) is 12.1 Å². The number of phenols is 1. The quantitative estimate of drug-likeness (QED) is 0.359. The summed E-state index contributed by atoms with van der Waals surface area (Å²) in [6, 6.07) is 5.55. The molecule has 0 amide bonds. The van der Waals surface area contributed by atoms with Gasteiger partial charge in [-0.1, -0.05) is 79.6 Å². The molecule has 0 aliphatic carbocycles. The van der Waals surface area contributed by atoms with Gasteiger partial charge in [0, 0.05) is 0 Å². The van der Waals surface area contributed by atoms with Crippen LogP contribution in [0.15, 0.2) is 18.2 Å². The summed E-state index contributed by atoms with van der Waals surface area (Å²) in [5, 5.41) is 9.69. The summed E-state index contributed by atoms with van der Waals surface area (Å²) in [6.07, 6.45) is 15.2. The maximum atomic E-state index is 9.69. The first-order valence-corrected chi connectivity index (χ1v) is 12.3. The largest absolute Gasteiger partial charge is 0.508 e. The molecule has 0 saturated heterocycles. The molecule has 0 fully saturated rings. The van der Waals surface area contributed by atoms with Crippen molar-refractivity contribution < 1.29 is 9.84 Å². The summed E-state index contributed by atoms with van der Waals surface area (Å²) in [5.74, 6) is 3.89. The highest BCUT2D eigenvalue weighted by Gasteiger charge is 2.34. The van der Waals surface area contributed by atoms with E-state index in [4.69, 9.17) is 4.74 Å². The average molecular weight is 403 g/mol. The van der Waals surface area contributed by atoms with Crippen molar-refractivity contribution in [3.05, 3.63) is 23.8 Å². The zero-order valence-corrected chi connectivity index (χ0v) is 19.8. The molecule has 1 N–H and O–H groups in total. The standard InChI is InChI=1S/C27H46O2/c1-6-27(19-17-24-20-25(28)15-16-26(24)29-27)18-9-14-23(5)13-8-12-22(4)11-7-10-21(2)3/h15-16,20-23,28H,6-14,17-19H2,1-5H3. The fraction of sp³-hybridized carbons (Fsp3) is 0.778. The summed E-state index contributed by atoms with van der Waals surface area (Å²) in [7, 11) is 0. The average Bonchev–Trinajstić information content (AvgIpc) is 2.68. The van der Waals surface area contributed by atoms with E-state index in [2.05, 4.69) is 34.6 Å². The predicted molar refractivity (Wildman–Crippen MR) is 125 cm³/mol. The van der Waals surface area contributed by atoms with E-state index in [-0.39, 0.29) is 5.60 Å². The van der Waals surface area contributed by atoms with Gasteiger partial charge in [0.15, 0.2) is 0 Å². The minimum atomic E-state index is -0.00534. The Balaban J connectivity index is 1.65. The second kappa shape index (κ2) is 11.9. The third-order valence-electron chi connectivity index (χ3n) is 7.07. The molecular formula is C27H46O2. The predicted octanol–water partition coefficient (Wildman–Crippen LogP) is 8.31. The third-order valence-corrected chi connectivity index (χ3v) is 7.07. The van der Waals surface area contributed by atoms with Crippen molar-refractivity contribution in [1.82, 2.24) is 0 Å². The highest BCUT2D eigenvalue weighted by Crippen LogP contribution is 2.39. The molecule has 1 aromatic carbocycles. The molecule has 0 spiro atoms. The maximum absolute atomic E-state index is 9.69. The Morgan fingerprint density at radius 1 is 0.931 bits per heavy atom. The third kappa shape index (κ3) is 8.22. The molecule has 1 aliphatic rings. The zero-order chi connectivity index (χ0) is 21.3. The van der Waals surface area contributed by atoms with Gasteiger partial charge in [-0.25, -0.2) is 0 Å². The SMILES string of the molecule is CCC1(CCCC(C)CCCC(C)CCCC(C)C)CCc2cc(O)ccc2O1. The van der Waals surface area contributed by atoms with Crippen molar-refractivity contribution in [3.63, 3.8) is 0 Å². The van der Waals surface area contributed by atoms with Crippen LogP contribution in [-0.2, 0) is 6.42 Å². The molecule has 3 unspecified atom stereocenters. The van der Waals surface area contributed by atoms with Gasteiger partial charge in [0.25, 0.3) is 0 Å². The molecular weight excluding hydrogens is 356 g/mol. The summed E-state index contributed by atoms with van der Waals surface area (Å²) < 4.78 is 6.46. The van der Waals surface area contributed by atoms with Crippen molar-refractivity contribution in [3.8, 4) is 11.5 Å². The number of hydrogen-bond acceptors (Lipinski definition) is 2. The highest BCUT2D eigenvalue weighted by molar-refractivity contribution is 5.41. The first-order chi connectivity index (χ1) is 13.8. The number of benzene rings is 1. The highest BCUT2D eigenvalue weighted by atomic mass is 16.5. The number of fused-ring (bicyclic) bond motifs is 1. The summed E-state index contributed by atoms with van der Waals surface area (Å²) in [6.45, 7) is 11.8. The Morgan fingerprint density at radius 3 is 2.17 bits per heavy atom. The Labute approximate surface area is 180 Å². The van der Waals surface area contributed by atoms with Crippen molar-refractivity contribution in [2.45, 2.75) is 117 Å². The normalized spacial score (nSPS) is 20.9. The van der Waals surface area contributed by atoms with Crippen molar-refractivity contribution in [1.29, 1.82) is 0 Å². The Kier molecular flexibility index (Phi) is 9.86. The van der Waals surface area contributed by atoms with E-state index in [0.717, 1.165) is 54.7 Å². The van der Waals surface area contributed by atoms with E-state index in [1.165, 1.54) is 51.4 Å². The fourth-order valence-corrected chi connectivity index (χ4v) is 4.86. The van der Waals surface area contributed by atoms with Crippen LogP contribution in [-0.4, -0.2) is 10.7 Å². The van der Waals surface area contributed by atoms with Crippen LogP contribution in [0.4, 0.5) is 0 Å². The molecule has 166 valence electrons. The monoisotopic (exact) mass is 402 g/mol. The van der Waals surface area contributed by atoms with Crippen LogP contribution in [0.2, 0.25) is 0 Å². The second-order valence-electron chi connectivity index (χ2n) is 10.3. The fourth-order valence-electron chi connectivity index (χ4n) is 4.86. The van der Waals surface area contributed by atoms with Gasteiger partial charge in [0.1, 0.15) is 17.1 Å². The molecule has 3 atom stereocenters. The van der Waals surface area contributed by atoms with Crippen molar-refractivity contribution in [2.24, 2.45) is 17.8 Å². The molecule has 0 bridgehead atoms. The lowest BCUT2D eigenvalue weighted by Crippen LogP contribution is -2.39. The topological polar surface area (TPSA) is 29.5 Å². The van der Waals surface area contributed by atoms with Crippen molar-refractivity contribution in [2.75, 3.05) is 0 Å². The lowest BCUT2D eigenvalue weighted by atomic mass is 9.83. The molecule has 2 heteroatoms. The molecule has 0 aromatic heterocycles. The van der Waals surface area contributed by atoms with Gasteiger partial charge in [0.05, 0.1) is 0 Å². The van der Waals surface area contributed by atoms with E-state index in [1.54, 1.807) is 6.07 Å². The number of aryl methyl sites for hydroxylation is 1. The van der Waals surface area contributed by atoms with Crippen LogP contribution in [0.1, 0.15) is 111 Å². The minimum absolute atomic E-state index is 0.00534. The minimum Gasteiger partial charge on any atom is -0.508 e. The van der Waals surface area contributed by atoms with Gasteiger partial charge >= 0.3 is 0 Å². The van der Waals surface area contributed by atoms with Crippen LogP contribution in [0.25, 0.3) is 0 Å². The first-order valence-electron chi connectivity index (χ1n) is 12.3. The van der Waals surface area contributed by atoms with Crippen molar-refractivity contribution >= 4 is 0 Å². The molecule has 29 heavy (non-hydrogen) atoms. The molecule has 1 aliphatic heterocycles. The van der Waals surface area contributed by atoms with Gasteiger partial charge < -0.3 is 9.84 Å². The van der Waals surface area contributed by atoms with Crippen LogP contribution in [0.5, 0.6) is 11.5 Å². The van der Waals surface area contributed by atoms with Gasteiger partial charge in [-0.3, -0.25) is 0 Å². The van der Waals surface area contributed by atoms with Crippen LogP contribution in [0.3, 0.4) is 0 Å². The number of phenolic OH excluding ortho intramolecular Hbond substituents is 1. The summed E-state index contributed by atoms with van der Waals surface area (Å²) in [5.41, 5.74) is 1.15. The van der Waals surface area contributed by atoms with E-state index in [0.29, 0.717) is 5.75 Å². The Morgan fingerprint density at radius 2 is 1.55 bits per heavy atom. The number of ether oxygens (including phenoxy) is 1. The molecule has 1 aromatic rings. The van der Waals surface area contributed by atoms with Crippen LogP contribution in [0, 0.1) is 17.8 Å². The smallest absolute Gasteiger partial charge is 0.123 e. The second-order valence-corrected chi connectivity index (χ2v) is 10.3. The van der Waals surface area contributed by atoms with E-state index in [9.17, 15) is 5.11 Å². The number of aromatic hydroxyl groups is 1.